The second-order valence-corrected chi connectivity index (χ2v) is 6.06. The van der Waals surface area contributed by atoms with E-state index in [2.05, 4.69) is 46.8 Å². The first-order valence-electron chi connectivity index (χ1n) is 6.92. The van der Waals surface area contributed by atoms with Crippen LogP contribution in [0.25, 0.3) is 0 Å². The van der Waals surface area contributed by atoms with Gasteiger partial charge in [0.1, 0.15) is 0 Å². The maximum atomic E-state index is 2.53. The fraction of sp³-hybridized carbons (Fsp3) is 0.750. The molecule has 0 spiro atoms. The van der Waals surface area contributed by atoms with Gasteiger partial charge >= 0.3 is 0 Å². The molecule has 0 nitrogen and oxygen atoms in total. The normalized spacial score (nSPS) is 33.3. The summed E-state index contributed by atoms with van der Waals surface area (Å²) in [5, 5.41) is 0. The average molecular weight is 218 g/mol. The van der Waals surface area contributed by atoms with Crippen molar-refractivity contribution in [1.82, 2.24) is 0 Å². The van der Waals surface area contributed by atoms with E-state index in [1.165, 1.54) is 12.8 Å². The smallest absolute Gasteiger partial charge is 0.000527 e. The van der Waals surface area contributed by atoms with Crippen molar-refractivity contribution in [3.63, 3.8) is 0 Å². The molecule has 0 aromatic carbocycles. The van der Waals surface area contributed by atoms with Gasteiger partial charge in [-0.3, -0.25) is 0 Å². The first-order valence-corrected chi connectivity index (χ1v) is 6.92. The van der Waals surface area contributed by atoms with Gasteiger partial charge < -0.3 is 0 Å². The highest BCUT2D eigenvalue weighted by Gasteiger charge is 2.35. The number of rotatable bonds is 5. The minimum Gasteiger partial charge on any atom is -0.0816 e. The molecule has 2 aliphatic carbocycles. The van der Waals surface area contributed by atoms with Crippen molar-refractivity contribution in [2.45, 2.75) is 47.5 Å². The summed E-state index contributed by atoms with van der Waals surface area (Å²) in [6.07, 6.45) is 7.59. The molecule has 0 fully saturated rings. The zero-order valence-electron chi connectivity index (χ0n) is 11.5. The quantitative estimate of drug-likeness (QED) is 0.580. The number of hydrogen-bond donors (Lipinski definition) is 0. The van der Waals surface area contributed by atoms with Crippen molar-refractivity contribution in [3.8, 4) is 0 Å². The fourth-order valence-corrected chi connectivity index (χ4v) is 3.17. The Morgan fingerprint density at radius 1 is 1.19 bits per heavy atom. The standard InChI is InChI=1S/C16H26/c1-6-14-8-15(9-14)12(4)11(3)13(5)16-7-10(16)2/h7-8,11-13,15-16H,6,9H2,1-5H3. The van der Waals surface area contributed by atoms with Crippen LogP contribution in [0, 0.1) is 29.6 Å². The summed E-state index contributed by atoms with van der Waals surface area (Å²) < 4.78 is 0. The van der Waals surface area contributed by atoms with Gasteiger partial charge in [-0.15, -0.1) is 0 Å². The van der Waals surface area contributed by atoms with E-state index < -0.39 is 0 Å². The molecule has 5 unspecified atom stereocenters. The van der Waals surface area contributed by atoms with Gasteiger partial charge in [0.15, 0.2) is 0 Å². The van der Waals surface area contributed by atoms with E-state index in [1.807, 2.05) is 0 Å². The molecule has 0 heteroatoms. The van der Waals surface area contributed by atoms with Gasteiger partial charge in [-0.1, -0.05) is 51.0 Å². The van der Waals surface area contributed by atoms with Crippen LogP contribution in [-0.2, 0) is 0 Å². The molecule has 0 heterocycles. The zero-order valence-corrected chi connectivity index (χ0v) is 11.5. The summed E-state index contributed by atoms with van der Waals surface area (Å²) >= 11 is 0. The Kier molecular flexibility index (Phi) is 3.28. The second kappa shape index (κ2) is 4.39. The minimum atomic E-state index is 0.826. The predicted molar refractivity (Wildman–Crippen MR) is 71.2 cm³/mol. The Labute approximate surface area is 101 Å². The highest BCUT2D eigenvalue weighted by Crippen LogP contribution is 2.45. The fourth-order valence-electron chi connectivity index (χ4n) is 3.17. The molecule has 0 aromatic heterocycles. The molecule has 2 aliphatic rings. The van der Waals surface area contributed by atoms with Crippen molar-refractivity contribution < 1.29 is 0 Å². The molecule has 0 aromatic rings. The van der Waals surface area contributed by atoms with E-state index in [0.29, 0.717) is 0 Å². The van der Waals surface area contributed by atoms with Crippen LogP contribution in [0.1, 0.15) is 47.5 Å². The van der Waals surface area contributed by atoms with Crippen molar-refractivity contribution >= 4 is 0 Å². The third-order valence-corrected chi connectivity index (χ3v) is 5.16. The van der Waals surface area contributed by atoms with Gasteiger partial charge in [0, 0.05) is 5.92 Å². The molecule has 0 aliphatic heterocycles. The largest absolute Gasteiger partial charge is 0.0816 e. The SMILES string of the molecule is CCC1=CC(C(C)C(C)C(C)C2C=C2C)C1. The lowest BCUT2D eigenvalue weighted by Crippen LogP contribution is -2.28. The summed E-state index contributed by atoms with van der Waals surface area (Å²) in [5.41, 5.74) is 3.29. The van der Waals surface area contributed by atoms with Gasteiger partial charge in [0.2, 0.25) is 0 Å². The van der Waals surface area contributed by atoms with Crippen molar-refractivity contribution in [1.29, 1.82) is 0 Å². The molecular weight excluding hydrogens is 192 g/mol. The van der Waals surface area contributed by atoms with Crippen LogP contribution in [0.3, 0.4) is 0 Å². The summed E-state index contributed by atoms with van der Waals surface area (Å²) in [6.45, 7) is 11.9. The van der Waals surface area contributed by atoms with E-state index in [4.69, 9.17) is 0 Å². The highest BCUT2D eigenvalue weighted by atomic mass is 14.4. The molecular formula is C16H26. The Hall–Kier alpha value is -0.520. The van der Waals surface area contributed by atoms with Crippen LogP contribution in [0.2, 0.25) is 0 Å². The molecule has 0 bridgehead atoms. The molecule has 2 rings (SSSR count). The summed E-state index contributed by atoms with van der Waals surface area (Å²) in [7, 11) is 0. The van der Waals surface area contributed by atoms with Crippen molar-refractivity contribution in [2.24, 2.45) is 29.6 Å². The lowest BCUT2D eigenvalue weighted by Gasteiger charge is -2.36. The predicted octanol–water partition coefficient (Wildman–Crippen LogP) is 4.83. The Bertz CT molecular complexity index is 321. The number of hydrogen-bond acceptors (Lipinski definition) is 0. The first kappa shape index (κ1) is 12.0. The molecule has 0 amide bonds. The summed E-state index contributed by atoms with van der Waals surface area (Å²) in [5.74, 6) is 4.23. The zero-order chi connectivity index (χ0) is 11.9. The number of allylic oxidation sites excluding steroid dienone is 4. The molecule has 0 radical (unpaired) electrons. The molecule has 0 saturated carbocycles. The molecule has 5 atom stereocenters. The van der Waals surface area contributed by atoms with Crippen LogP contribution in [0.15, 0.2) is 23.3 Å². The summed E-state index contributed by atoms with van der Waals surface area (Å²) in [4.78, 5) is 0. The lowest BCUT2D eigenvalue weighted by atomic mass is 9.69. The molecule has 0 saturated heterocycles. The maximum absolute atomic E-state index is 2.53. The van der Waals surface area contributed by atoms with E-state index in [-0.39, 0.29) is 0 Å². The minimum absolute atomic E-state index is 0.826. The van der Waals surface area contributed by atoms with Crippen molar-refractivity contribution in [3.05, 3.63) is 23.3 Å². The Balaban J connectivity index is 1.85. The summed E-state index contributed by atoms with van der Waals surface area (Å²) in [6, 6.07) is 0. The van der Waals surface area contributed by atoms with E-state index in [9.17, 15) is 0 Å². The van der Waals surface area contributed by atoms with Gasteiger partial charge in [0.05, 0.1) is 0 Å². The Morgan fingerprint density at radius 2 is 1.75 bits per heavy atom. The highest BCUT2D eigenvalue weighted by molar-refractivity contribution is 5.28. The average Bonchev–Trinajstić information content (AvgIpc) is 2.91. The Morgan fingerprint density at radius 3 is 2.19 bits per heavy atom. The third kappa shape index (κ3) is 2.12. The first-order chi connectivity index (χ1) is 7.54. The van der Waals surface area contributed by atoms with Crippen LogP contribution in [0.4, 0.5) is 0 Å². The molecule has 0 N–H and O–H groups in total. The van der Waals surface area contributed by atoms with E-state index in [1.54, 1.807) is 11.1 Å². The van der Waals surface area contributed by atoms with Gasteiger partial charge in [-0.25, -0.2) is 0 Å². The molecule has 90 valence electrons. The lowest BCUT2D eigenvalue weighted by molar-refractivity contribution is 0.203. The van der Waals surface area contributed by atoms with Gasteiger partial charge in [-0.05, 0) is 43.4 Å². The van der Waals surface area contributed by atoms with E-state index in [0.717, 1.165) is 29.6 Å². The van der Waals surface area contributed by atoms with Crippen LogP contribution >= 0.6 is 0 Å². The molecule has 16 heavy (non-hydrogen) atoms. The monoisotopic (exact) mass is 218 g/mol. The third-order valence-electron chi connectivity index (χ3n) is 5.16. The van der Waals surface area contributed by atoms with Gasteiger partial charge in [-0.2, -0.15) is 0 Å². The van der Waals surface area contributed by atoms with Gasteiger partial charge in [0.25, 0.3) is 0 Å². The topological polar surface area (TPSA) is 0 Å². The van der Waals surface area contributed by atoms with Crippen molar-refractivity contribution in [2.75, 3.05) is 0 Å². The second-order valence-electron chi connectivity index (χ2n) is 6.06. The van der Waals surface area contributed by atoms with Crippen LogP contribution in [0.5, 0.6) is 0 Å². The maximum Gasteiger partial charge on any atom is 0.000527 e. The van der Waals surface area contributed by atoms with E-state index >= 15 is 0 Å². The van der Waals surface area contributed by atoms with Crippen LogP contribution in [-0.4, -0.2) is 0 Å². The van der Waals surface area contributed by atoms with Crippen LogP contribution < -0.4 is 0 Å².